The fourth-order valence-electron chi connectivity index (χ4n) is 6.88. The molecule has 1 atom stereocenters. The molecule has 1 aliphatic heterocycles. The monoisotopic (exact) mass is 615 g/mol. The number of thiophene rings is 1. The second-order valence-corrected chi connectivity index (χ2v) is 15.0. The third-order valence-corrected chi connectivity index (χ3v) is 11.9. The Morgan fingerprint density at radius 2 is 1.73 bits per heavy atom. The predicted molar refractivity (Wildman–Crippen MR) is 183 cm³/mol. The van der Waals surface area contributed by atoms with Gasteiger partial charge < -0.3 is 10.3 Å². The maximum atomic E-state index is 14.2. The zero-order chi connectivity index (χ0) is 30.0. The molecule has 0 aliphatic carbocycles. The van der Waals surface area contributed by atoms with Gasteiger partial charge in [0.15, 0.2) is 0 Å². The minimum atomic E-state index is -3.82. The van der Waals surface area contributed by atoms with Crippen LogP contribution in [0.15, 0.2) is 102 Å². The number of H-pyrrole nitrogens is 1. The maximum Gasteiger partial charge on any atom is 0.268 e. The Kier molecular flexibility index (Phi) is 6.43. The molecule has 3 aromatic heterocycles. The SMILES string of the molecule is Cc1ccc(S(=O)(=O)n2cc(Cc3cc4ccccc4s3)c3c4c(ccc32)C(c2c[nH]c3ccc(C)cc23)CCCN4)cc1. The smallest absolute Gasteiger partial charge is 0.268 e. The summed E-state index contributed by atoms with van der Waals surface area (Å²) in [5, 5.41) is 7.24. The van der Waals surface area contributed by atoms with Gasteiger partial charge in [0.25, 0.3) is 10.0 Å². The van der Waals surface area contributed by atoms with Crippen LogP contribution in [0.2, 0.25) is 0 Å². The molecule has 0 radical (unpaired) electrons. The van der Waals surface area contributed by atoms with Gasteiger partial charge in [-0.3, -0.25) is 0 Å². The maximum absolute atomic E-state index is 14.2. The van der Waals surface area contributed by atoms with E-state index in [-0.39, 0.29) is 5.92 Å². The Morgan fingerprint density at radius 3 is 2.57 bits per heavy atom. The van der Waals surface area contributed by atoms with Gasteiger partial charge in [-0.05, 0) is 91.2 Å². The van der Waals surface area contributed by atoms with E-state index in [0.717, 1.165) is 47.1 Å². The second-order valence-electron chi connectivity index (χ2n) is 12.0. The third-order valence-electron chi connectivity index (χ3n) is 9.06. The highest BCUT2D eigenvalue weighted by molar-refractivity contribution is 7.90. The quantitative estimate of drug-likeness (QED) is 0.203. The lowest BCUT2D eigenvalue weighted by molar-refractivity contribution is 0.589. The summed E-state index contributed by atoms with van der Waals surface area (Å²) in [6.07, 6.45) is 6.72. The molecule has 4 heterocycles. The van der Waals surface area contributed by atoms with E-state index in [1.54, 1.807) is 23.5 Å². The Balaban J connectivity index is 1.35. The van der Waals surface area contributed by atoms with Gasteiger partial charge in [0.2, 0.25) is 0 Å². The summed E-state index contributed by atoms with van der Waals surface area (Å²) < 4.78 is 31.1. The zero-order valence-corrected chi connectivity index (χ0v) is 26.4. The van der Waals surface area contributed by atoms with Crippen molar-refractivity contribution in [2.75, 3.05) is 11.9 Å². The number of hydrogen-bond acceptors (Lipinski definition) is 4. The summed E-state index contributed by atoms with van der Waals surface area (Å²) in [6, 6.07) is 28.5. The average molecular weight is 616 g/mol. The molecule has 0 bridgehead atoms. The van der Waals surface area contributed by atoms with E-state index >= 15 is 0 Å². The summed E-state index contributed by atoms with van der Waals surface area (Å²) in [6.45, 7) is 4.94. The van der Waals surface area contributed by atoms with Crippen LogP contribution in [-0.4, -0.2) is 23.9 Å². The number of benzene rings is 4. The molecule has 8 rings (SSSR count). The lowest BCUT2D eigenvalue weighted by Gasteiger charge is -2.19. The van der Waals surface area contributed by atoms with Crippen molar-refractivity contribution in [2.24, 2.45) is 0 Å². The molecule has 1 unspecified atom stereocenters. The lowest BCUT2D eigenvalue weighted by atomic mass is 9.86. The van der Waals surface area contributed by atoms with Crippen LogP contribution in [0.25, 0.3) is 31.9 Å². The Bertz CT molecular complexity index is 2270. The van der Waals surface area contributed by atoms with Gasteiger partial charge >= 0.3 is 0 Å². The standard InChI is InChI=1S/C37H33N3O2S2/c1-23-9-12-28(13-10-23)44(41,42)40-22-26(20-27-19-25-6-3-4-8-35(25)43-27)36-34(40)16-14-30-29(7-5-17-38-37(30)36)32-21-39-33-15-11-24(2)18-31(32)33/h3-4,6,8-16,18-19,21-22,29,38-39H,5,7,17,20H2,1-2H3. The van der Waals surface area contributed by atoms with E-state index in [1.807, 2.05) is 31.3 Å². The highest BCUT2D eigenvalue weighted by Gasteiger charge is 2.29. The molecule has 0 spiro atoms. The van der Waals surface area contributed by atoms with Gasteiger partial charge in [0.05, 0.1) is 10.4 Å². The largest absolute Gasteiger partial charge is 0.384 e. The molecular formula is C37H33N3O2S2. The highest BCUT2D eigenvalue weighted by Crippen LogP contribution is 2.45. The van der Waals surface area contributed by atoms with Crippen molar-refractivity contribution in [3.05, 3.63) is 130 Å². The van der Waals surface area contributed by atoms with Crippen molar-refractivity contribution >= 4 is 58.9 Å². The van der Waals surface area contributed by atoms with Crippen molar-refractivity contribution in [2.45, 2.75) is 43.9 Å². The first kappa shape index (κ1) is 27.2. The van der Waals surface area contributed by atoms with E-state index in [0.29, 0.717) is 16.8 Å². The number of hydrogen-bond donors (Lipinski definition) is 2. The fourth-order valence-corrected chi connectivity index (χ4v) is 9.36. The van der Waals surface area contributed by atoms with Gasteiger partial charge in [0, 0.05) is 62.8 Å². The van der Waals surface area contributed by atoms with E-state index in [9.17, 15) is 8.42 Å². The van der Waals surface area contributed by atoms with Crippen molar-refractivity contribution < 1.29 is 8.42 Å². The molecule has 1 aliphatic rings. The van der Waals surface area contributed by atoms with Gasteiger partial charge in [-0.15, -0.1) is 11.3 Å². The third kappa shape index (κ3) is 4.45. The molecule has 0 saturated carbocycles. The number of nitrogens with one attached hydrogen (secondary N) is 2. The summed E-state index contributed by atoms with van der Waals surface area (Å²) in [5.41, 5.74) is 8.72. The summed E-state index contributed by atoms with van der Waals surface area (Å²) >= 11 is 1.77. The van der Waals surface area contributed by atoms with Crippen LogP contribution in [0, 0.1) is 13.8 Å². The number of aromatic amines is 1. The van der Waals surface area contributed by atoms with Crippen molar-refractivity contribution in [3.63, 3.8) is 0 Å². The van der Waals surface area contributed by atoms with Gasteiger partial charge in [0.1, 0.15) is 0 Å². The van der Waals surface area contributed by atoms with Crippen LogP contribution in [0.3, 0.4) is 0 Å². The second kappa shape index (κ2) is 10.4. The molecule has 0 amide bonds. The number of aryl methyl sites for hydroxylation is 2. The van der Waals surface area contributed by atoms with E-state index in [2.05, 4.69) is 78.0 Å². The first-order valence-corrected chi connectivity index (χ1v) is 17.4. The van der Waals surface area contributed by atoms with Crippen molar-refractivity contribution in [1.82, 2.24) is 8.96 Å². The molecule has 0 saturated heterocycles. The number of anilines is 1. The Labute approximate surface area is 261 Å². The molecule has 0 fully saturated rings. The molecule has 2 N–H and O–H groups in total. The van der Waals surface area contributed by atoms with Gasteiger partial charge in [-0.2, -0.15) is 0 Å². The van der Waals surface area contributed by atoms with Crippen molar-refractivity contribution in [1.29, 1.82) is 0 Å². The number of nitrogens with zero attached hydrogens (tertiary/aromatic N) is 1. The molecule has 44 heavy (non-hydrogen) atoms. The van der Waals surface area contributed by atoms with Crippen LogP contribution >= 0.6 is 11.3 Å². The fraction of sp³-hybridized carbons (Fsp3) is 0.189. The number of rotatable bonds is 5. The molecule has 7 aromatic rings. The lowest BCUT2D eigenvalue weighted by Crippen LogP contribution is -2.12. The summed E-state index contributed by atoms with van der Waals surface area (Å²) in [4.78, 5) is 5.01. The predicted octanol–water partition coefficient (Wildman–Crippen LogP) is 9.12. The molecule has 220 valence electrons. The average Bonchev–Trinajstić information content (AvgIpc) is 3.69. The van der Waals surface area contributed by atoms with Gasteiger partial charge in [-0.25, -0.2) is 12.4 Å². The molecule has 4 aromatic carbocycles. The van der Waals surface area contributed by atoms with E-state index in [1.165, 1.54) is 41.0 Å². The zero-order valence-electron chi connectivity index (χ0n) is 24.7. The highest BCUT2D eigenvalue weighted by atomic mass is 32.2. The van der Waals surface area contributed by atoms with Crippen LogP contribution in [0.1, 0.15) is 51.5 Å². The summed E-state index contributed by atoms with van der Waals surface area (Å²) in [7, 11) is -3.82. The van der Waals surface area contributed by atoms with Crippen molar-refractivity contribution in [3.8, 4) is 0 Å². The van der Waals surface area contributed by atoms with Crippen LogP contribution < -0.4 is 5.32 Å². The minimum absolute atomic E-state index is 0.189. The Hall–Kier alpha value is -4.33. The van der Waals surface area contributed by atoms with Crippen LogP contribution in [0.5, 0.6) is 0 Å². The molecule has 7 heteroatoms. The van der Waals surface area contributed by atoms with Gasteiger partial charge in [-0.1, -0.05) is 53.6 Å². The Morgan fingerprint density at radius 1 is 0.909 bits per heavy atom. The topological polar surface area (TPSA) is 66.9 Å². The van der Waals surface area contributed by atoms with Crippen LogP contribution in [0.4, 0.5) is 5.69 Å². The first-order chi connectivity index (χ1) is 21.4. The normalized spacial score (nSPS) is 15.5. The summed E-state index contributed by atoms with van der Waals surface area (Å²) in [5.74, 6) is 0.189. The molecule has 5 nitrogen and oxygen atoms in total. The number of fused-ring (bicyclic) bond motifs is 5. The minimum Gasteiger partial charge on any atom is -0.384 e. The van der Waals surface area contributed by atoms with E-state index in [4.69, 9.17) is 0 Å². The molecular weight excluding hydrogens is 583 g/mol. The van der Waals surface area contributed by atoms with E-state index < -0.39 is 10.0 Å². The van der Waals surface area contributed by atoms with Crippen LogP contribution in [-0.2, 0) is 16.4 Å². The number of aromatic nitrogens is 2. The first-order valence-electron chi connectivity index (χ1n) is 15.1.